The summed E-state index contributed by atoms with van der Waals surface area (Å²) in [5, 5.41) is 2.82. The van der Waals surface area contributed by atoms with Crippen LogP contribution < -0.4 is 5.32 Å². The molecule has 13 heteroatoms. The van der Waals surface area contributed by atoms with Gasteiger partial charge in [-0.15, -0.1) is 0 Å². The fraction of sp³-hybridized carbons (Fsp3) is 0.269. The van der Waals surface area contributed by atoms with E-state index in [1.165, 1.54) is 46.8 Å². The topological polar surface area (TPSA) is 107 Å². The maximum Gasteiger partial charge on any atom is 0.245 e. The molecule has 1 heterocycles. The molecule has 1 amide bonds. The van der Waals surface area contributed by atoms with E-state index in [0.717, 1.165) is 4.31 Å². The monoisotopic (exact) mass is 610 g/mol. The van der Waals surface area contributed by atoms with Crippen molar-refractivity contribution in [2.45, 2.75) is 16.3 Å². The molecule has 1 aliphatic rings. The zero-order valence-corrected chi connectivity index (χ0v) is 24.3. The molecular formula is C26H28Cl2N4O5S2. The molecule has 0 spiro atoms. The number of rotatable bonds is 9. The molecule has 0 atom stereocenters. The van der Waals surface area contributed by atoms with Gasteiger partial charge < -0.3 is 10.2 Å². The number of nitrogens with one attached hydrogen (secondary N) is 1. The second-order valence-corrected chi connectivity index (χ2v) is 13.8. The lowest BCUT2D eigenvalue weighted by atomic mass is 10.2. The van der Waals surface area contributed by atoms with Gasteiger partial charge >= 0.3 is 0 Å². The van der Waals surface area contributed by atoms with Gasteiger partial charge in [0, 0.05) is 43.4 Å². The summed E-state index contributed by atoms with van der Waals surface area (Å²) in [6.45, 7) is 1.51. The molecule has 0 radical (unpaired) electrons. The van der Waals surface area contributed by atoms with E-state index in [2.05, 4.69) is 10.2 Å². The molecule has 3 aromatic carbocycles. The molecule has 9 nitrogen and oxygen atoms in total. The van der Waals surface area contributed by atoms with Gasteiger partial charge in [-0.2, -0.15) is 8.61 Å². The van der Waals surface area contributed by atoms with Gasteiger partial charge in [0.05, 0.1) is 16.5 Å². The maximum atomic E-state index is 13.6. The van der Waals surface area contributed by atoms with Crippen molar-refractivity contribution >= 4 is 54.8 Å². The van der Waals surface area contributed by atoms with Crippen LogP contribution >= 0.6 is 23.2 Å². The van der Waals surface area contributed by atoms with Gasteiger partial charge in [0.2, 0.25) is 26.0 Å². The van der Waals surface area contributed by atoms with Gasteiger partial charge in [-0.25, -0.2) is 16.8 Å². The van der Waals surface area contributed by atoms with Crippen molar-refractivity contribution < 1.29 is 21.6 Å². The van der Waals surface area contributed by atoms with E-state index < -0.39 is 32.5 Å². The van der Waals surface area contributed by atoms with Crippen LogP contribution in [0.5, 0.6) is 0 Å². The van der Waals surface area contributed by atoms with Crippen LogP contribution in [-0.2, 0) is 31.4 Å². The van der Waals surface area contributed by atoms with Gasteiger partial charge in [-0.05, 0) is 55.1 Å². The zero-order valence-electron chi connectivity index (χ0n) is 21.1. The van der Waals surface area contributed by atoms with Crippen LogP contribution in [0.3, 0.4) is 0 Å². The lowest BCUT2D eigenvalue weighted by Crippen LogP contribution is -2.46. The first-order chi connectivity index (χ1) is 18.5. The number of halogens is 2. The van der Waals surface area contributed by atoms with Crippen LogP contribution in [0.25, 0.3) is 0 Å². The average molecular weight is 612 g/mol. The first-order valence-corrected chi connectivity index (χ1v) is 15.7. The third-order valence-electron chi connectivity index (χ3n) is 6.27. The van der Waals surface area contributed by atoms with Crippen molar-refractivity contribution in [1.29, 1.82) is 0 Å². The maximum absolute atomic E-state index is 13.6. The average Bonchev–Trinajstić information content (AvgIpc) is 2.91. The van der Waals surface area contributed by atoms with Crippen LogP contribution in [0.15, 0.2) is 82.6 Å². The predicted molar refractivity (Wildman–Crippen MR) is 152 cm³/mol. The van der Waals surface area contributed by atoms with E-state index in [1.807, 2.05) is 7.05 Å². The van der Waals surface area contributed by atoms with Crippen LogP contribution in [-0.4, -0.2) is 76.0 Å². The van der Waals surface area contributed by atoms with Crippen LogP contribution in [0.4, 0.5) is 5.69 Å². The normalized spacial score (nSPS) is 15.4. The summed E-state index contributed by atoms with van der Waals surface area (Å²) in [7, 11) is -5.93. The van der Waals surface area contributed by atoms with Gasteiger partial charge in [0.25, 0.3) is 0 Å². The Morgan fingerprint density at radius 2 is 1.54 bits per heavy atom. The quantitative estimate of drug-likeness (QED) is 0.395. The van der Waals surface area contributed by atoms with E-state index >= 15 is 0 Å². The van der Waals surface area contributed by atoms with E-state index in [4.69, 9.17) is 23.2 Å². The number of hydrogen-bond acceptors (Lipinski definition) is 6. The number of benzene rings is 3. The zero-order chi connectivity index (χ0) is 28.2. The van der Waals surface area contributed by atoms with Crippen LogP contribution in [0.2, 0.25) is 10.0 Å². The Hall–Kier alpha value is -2.51. The summed E-state index contributed by atoms with van der Waals surface area (Å²) in [5.41, 5.74) is 1.00. The number of carbonyl (C=O) groups is 1. The van der Waals surface area contributed by atoms with Crippen LogP contribution in [0.1, 0.15) is 5.56 Å². The van der Waals surface area contributed by atoms with Crippen molar-refractivity contribution in [2.75, 3.05) is 45.1 Å². The molecule has 0 aromatic heterocycles. The Balaban J connectivity index is 1.52. The molecule has 39 heavy (non-hydrogen) atoms. The van der Waals surface area contributed by atoms with E-state index in [0.29, 0.717) is 37.4 Å². The second kappa shape index (κ2) is 12.3. The van der Waals surface area contributed by atoms with Crippen molar-refractivity contribution in [3.8, 4) is 0 Å². The summed E-state index contributed by atoms with van der Waals surface area (Å²) in [5.74, 6) is -0.609. The summed E-state index contributed by atoms with van der Waals surface area (Å²) in [6, 6.07) is 18.7. The van der Waals surface area contributed by atoms with Gasteiger partial charge in [0.1, 0.15) is 4.90 Å². The molecule has 208 valence electrons. The largest absolute Gasteiger partial charge is 0.325 e. The Kier molecular flexibility index (Phi) is 9.33. The Labute approximate surface area is 239 Å². The molecule has 0 saturated carbocycles. The van der Waals surface area contributed by atoms with E-state index in [1.54, 1.807) is 30.3 Å². The molecule has 1 saturated heterocycles. The minimum absolute atomic E-state index is 0.0185. The molecular weight excluding hydrogens is 583 g/mol. The standard InChI is InChI=1S/C26H28Cl2N4O5S2/c1-30-13-15-31(16-14-30)38(34,35)23-10-8-22(9-11-23)29-26(33)19-32(18-20-5-3-2-4-6-20)39(36,37)25-17-21(27)7-12-24(25)28/h2-12,17H,13-16,18-19H2,1H3,(H,29,33). The van der Waals surface area contributed by atoms with Crippen molar-refractivity contribution in [2.24, 2.45) is 0 Å². The number of sulfonamides is 2. The number of nitrogens with zero attached hydrogens (tertiary/aromatic N) is 3. The molecule has 0 bridgehead atoms. The summed E-state index contributed by atoms with van der Waals surface area (Å²) in [4.78, 5) is 15.0. The highest BCUT2D eigenvalue weighted by molar-refractivity contribution is 7.89. The third kappa shape index (κ3) is 7.17. The molecule has 4 rings (SSSR count). The second-order valence-electron chi connectivity index (χ2n) is 9.11. The summed E-state index contributed by atoms with van der Waals surface area (Å²) >= 11 is 12.2. The first kappa shape index (κ1) is 29.5. The Morgan fingerprint density at radius 3 is 2.18 bits per heavy atom. The van der Waals surface area contributed by atoms with Crippen molar-refractivity contribution in [1.82, 2.24) is 13.5 Å². The number of anilines is 1. The highest BCUT2D eigenvalue weighted by atomic mass is 35.5. The first-order valence-electron chi connectivity index (χ1n) is 12.0. The lowest BCUT2D eigenvalue weighted by Gasteiger charge is -2.31. The molecule has 1 aliphatic heterocycles. The SMILES string of the molecule is CN1CCN(S(=O)(=O)c2ccc(NC(=O)CN(Cc3ccccc3)S(=O)(=O)c3cc(Cl)ccc3Cl)cc2)CC1. The predicted octanol–water partition coefficient (Wildman–Crippen LogP) is 3.76. The number of likely N-dealkylation sites (N-methyl/N-ethyl adjacent to an activating group) is 1. The summed E-state index contributed by atoms with van der Waals surface area (Å²) < 4.78 is 55.5. The Bertz CT molecular complexity index is 1530. The molecule has 1 N–H and O–H groups in total. The number of amides is 1. The third-order valence-corrected chi connectivity index (χ3v) is 10.7. The van der Waals surface area contributed by atoms with Gasteiger partial charge in [-0.1, -0.05) is 53.5 Å². The lowest BCUT2D eigenvalue weighted by molar-refractivity contribution is -0.116. The summed E-state index contributed by atoms with van der Waals surface area (Å²) in [6.07, 6.45) is 0. The van der Waals surface area contributed by atoms with Gasteiger partial charge in [0.15, 0.2) is 0 Å². The van der Waals surface area contributed by atoms with E-state index in [9.17, 15) is 21.6 Å². The van der Waals surface area contributed by atoms with Gasteiger partial charge in [-0.3, -0.25) is 4.79 Å². The van der Waals surface area contributed by atoms with Crippen LogP contribution in [0, 0.1) is 0 Å². The van der Waals surface area contributed by atoms with Crippen molar-refractivity contribution in [3.63, 3.8) is 0 Å². The minimum atomic E-state index is -4.21. The van der Waals surface area contributed by atoms with E-state index in [-0.39, 0.29) is 26.4 Å². The van der Waals surface area contributed by atoms with Crippen molar-refractivity contribution in [3.05, 3.63) is 88.4 Å². The fourth-order valence-corrected chi connectivity index (χ4v) is 7.62. The highest BCUT2D eigenvalue weighted by Gasteiger charge is 2.30. The minimum Gasteiger partial charge on any atom is -0.325 e. The number of piperazine rings is 1. The molecule has 0 unspecified atom stereocenters. The highest BCUT2D eigenvalue weighted by Crippen LogP contribution is 2.29. The number of hydrogen-bond donors (Lipinski definition) is 1. The number of carbonyl (C=O) groups excluding carboxylic acids is 1. The fourth-order valence-electron chi connectivity index (χ4n) is 4.08. The molecule has 3 aromatic rings. The Morgan fingerprint density at radius 1 is 0.897 bits per heavy atom. The molecule has 1 fully saturated rings. The smallest absolute Gasteiger partial charge is 0.245 e. The molecule has 0 aliphatic carbocycles.